The summed E-state index contributed by atoms with van der Waals surface area (Å²) in [5, 5.41) is 27.6. The van der Waals surface area contributed by atoms with Crippen molar-refractivity contribution in [3.63, 3.8) is 0 Å². The van der Waals surface area contributed by atoms with Crippen molar-refractivity contribution in [3.8, 4) is 0 Å². The Morgan fingerprint density at radius 1 is 1.55 bits per heavy atom. The van der Waals surface area contributed by atoms with Crippen LogP contribution in [0.4, 0.5) is 0 Å². The third-order valence-corrected chi connectivity index (χ3v) is 1.92. The zero-order valence-electron chi connectivity index (χ0n) is 6.49. The van der Waals surface area contributed by atoms with Gasteiger partial charge in [-0.15, -0.1) is 0 Å². The fourth-order valence-corrected chi connectivity index (χ4v) is 0.854. The predicted molar refractivity (Wildman–Crippen MR) is 38.8 cm³/mol. The van der Waals surface area contributed by atoms with Crippen molar-refractivity contribution in [3.05, 3.63) is 10.1 Å². The van der Waals surface area contributed by atoms with Gasteiger partial charge in [-0.2, -0.15) is 0 Å². The first-order valence-corrected chi connectivity index (χ1v) is 3.49. The van der Waals surface area contributed by atoms with Crippen LogP contribution in [0.5, 0.6) is 0 Å². The molecule has 0 aromatic heterocycles. The number of hydrogen-bond donors (Lipinski definition) is 2. The second-order valence-corrected chi connectivity index (χ2v) is 2.47. The lowest BCUT2D eigenvalue weighted by Gasteiger charge is -2.19. The van der Waals surface area contributed by atoms with Crippen molar-refractivity contribution < 1.29 is 15.1 Å². The zero-order chi connectivity index (χ0) is 8.91. The number of aliphatic hydroxyl groups is 2. The summed E-state index contributed by atoms with van der Waals surface area (Å²) >= 11 is 0. The number of hydrogen-bond acceptors (Lipinski definition) is 4. The summed E-state index contributed by atoms with van der Waals surface area (Å²) in [6, 6.07) is 0. The second-order valence-electron chi connectivity index (χ2n) is 2.47. The fourth-order valence-electron chi connectivity index (χ4n) is 0.854. The molecule has 0 aromatic carbocycles. The van der Waals surface area contributed by atoms with Gasteiger partial charge >= 0.3 is 0 Å². The Bertz CT molecular complexity index is 133. The molecule has 5 nitrogen and oxygen atoms in total. The first-order chi connectivity index (χ1) is 5.13. The maximum atomic E-state index is 10.4. The van der Waals surface area contributed by atoms with Gasteiger partial charge in [-0.05, 0) is 0 Å². The molecule has 0 saturated carbocycles. The number of aliphatic hydroxyl groups excluding tert-OH is 2. The van der Waals surface area contributed by atoms with E-state index in [0.29, 0.717) is 0 Å². The van der Waals surface area contributed by atoms with Crippen molar-refractivity contribution in [1.29, 1.82) is 0 Å². The number of nitrogens with zero attached hydrogens (tertiary/aromatic N) is 1. The van der Waals surface area contributed by atoms with Gasteiger partial charge in [0.15, 0.2) is 0 Å². The second kappa shape index (κ2) is 4.25. The maximum Gasteiger partial charge on any atom is 0.246 e. The Morgan fingerprint density at radius 3 is 2.18 bits per heavy atom. The highest BCUT2D eigenvalue weighted by atomic mass is 16.6. The molecule has 0 aliphatic carbocycles. The standard InChI is InChI=1S/C6H13NO4/c1-2-6(5-9,3-4-8)7(10)11/h8-9H,2-5H2,1H3. The summed E-state index contributed by atoms with van der Waals surface area (Å²) in [5.41, 5.74) is -1.34. The highest BCUT2D eigenvalue weighted by Crippen LogP contribution is 2.17. The molecule has 0 aliphatic heterocycles. The molecule has 0 radical (unpaired) electrons. The van der Waals surface area contributed by atoms with Crippen LogP contribution in [-0.2, 0) is 0 Å². The van der Waals surface area contributed by atoms with Crippen LogP contribution in [0.1, 0.15) is 19.8 Å². The van der Waals surface area contributed by atoms with Crippen molar-refractivity contribution in [2.45, 2.75) is 25.3 Å². The van der Waals surface area contributed by atoms with E-state index in [1.807, 2.05) is 0 Å². The third kappa shape index (κ3) is 2.13. The molecular formula is C6H13NO4. The van der Waals surface area contributed by atoms with E-state index in [9.17, 15) is 10.1 Å². The Kier molecular flexibility index (Phi) is 3.99. The van der Waals surface area contributed by atoms with E-state index < -0.39 is 17.1 Å². The predicted octanol–water partition coefficient (Wildman–Crippen LogP) is -0.213. The largest absolute Gasteiger partial charge is 0.396 e. The molecule has 0 fully saturated rings. The van der Waals surface area contributed by atoms with Gasteiger partial charge < -0.3 is 10.2 Å². The van der Waals surface area contributed by atoms with Crippen LogP contribution in [-0.4, -0.2) is 33.9 Å². The summed E-state index contributed by atoms with van der Waals surface area (Å²) in [7, 11) is 0. The molecule has 2 N–H and O–H groups in total. The summed E-state index contributed by atoms with van der Waals surface area (Å²) in [6.45, 7) is 0.834. The summed E-state index contributed by atoms with van der Waals surface area (Å²) in [4.78, 5) is 9.88. The summed E-state index contributed by atoms with van der Waals surface area (Å²) in [5.74, 6) is 0. The van der Waals surface area contributed by atoms with Crippen LogP contribution in [0.15, 0.2) is 0 Å². The van der Waals surface area contributed by atoms with Gasteiger partial charge in [0.1, 0.15) is 6.61 Å². The van der Waals surface area contributed by atoms with Gasteiger partial charge in [0.25, 0.3) is 0 Å². The summed E-state index contributed by atoms with van der Waals surface area (Å²) < 4.78 is 0. The zero-order valence-corrected chi connectivity index (χ0v) is 6.49. The molecule has 5 heteroatoms. The van der Waals surface area contributed by atoms with E-state index in [4.69, 9.17) is 10.2 Å². The topological polar surface area (TPSA) is 83.6 Å². The minimum absolute atomic E-state index is 0.00694. The molecule has 1 unspecified atom stereocenters. The smallest absolute Gasteiger partial charge is 0.246 e. The molecule has 0 aromatic rings. The normalized spacial score (nSPS) is 15.9. The molecule has 66 valence electrons. The van der Waals surface area contributed by atoms with Crippen LogP contribution >= 0.6 is 0 Å². The highest BCUT2D eigenvalue weighted by Gasteiger charge is 2.39. The fraction of sp³-hybridized carbons (Fsp3) is 1.00. The highest BCUT2D eigenvalue weighted by molar-refractivity contribution is 4.75. The molecule has 1 atom stereocenters. The Morgan fingerprint density at radius 2 is 2.09 bits per heavy atom. The first kappa shape index (κ1) is 10.3. The van der Waals surface area contributed by atoms with E-state index in [2.05, 4.69) is 0 Å². The van der Waals surface area contributed by atoms with Crippen LogP contribution < -0.4 is 0 Å². The van der Waals surface area contributed by atoms with Gasteiger partial charge in [-0.1, -0.05) is 6.92 Å². The van der Waals surface area contributed by atoms with Crippen LogP contribution in [0, 0.1) is 10.1 Å². The first-order valence-electron chi connectivity index (χ1n) is 3.49. The van der Waals surface area contributed by atoms with Crippen LogP contribution in [0.25, 0.3) is 0 Å². The quantitative estimate of drug-likeness (QED) is 0.433. The average molecular weight is 163 g/mol. The van der Waals surface area contributed by atoms with Crippen molar-refractivity contribution in [2.75, 3.05) is 13.2 Å². The Hall–Kier alpha value is -0.680. The van der Waals surface area contributed by atoms with E-state index >= 15 is 0 Å². The van der Waals surface area contributed by atoms with Crippen molar-refractivity contribution >= 4 is 0 Å². The lowest BCUT2D eigenvalue weighted by atomic mass is 9.94. The molecule has 0 amide bonds. The van der Waals surface area contributed by atoms with E-state index in [1.54, 1.807) is 6.92 Å². The third-order valence-electron chi connectivity index (χ3n) is 1.92. The van der Waals surface area contributed by atoms with Gasteiger partial charge in [0.05, 0.1) is 0 Å². The van der Waals surface area contributed by atoms with Gasteiger partial charge in [-0.3, -0.25) is 10.1 Å². The number of rotatable bonds is 5. The molecule has 0 rings (SSSR count). The molecule has 11 heavy (non-hydrogen) atoms. The lowest BCUT2D eigenvalue weighted by Crippen LogP contribution is -2.42. The van der Waals surface area contributed by atoms with Gasteiger partial charge in [0, 0.05) is 24.4 Å². The Balaban J connectivity index is 4.32. The average Bonchev–Trinajstić information content (AvgIpc) is 2.00. The van der Waals surface area contributed by atoms with Crippen LogP contribution in [0.3, 0.4) is 0 Å². The monoisotopic (exact) mass is 163 g/mol. The van der Waals surface area contributed by atoms with Gasteiger partial charge in [0.2, 0.25) is 5.54 Å². The molecule has 0 saturated heterocycles. The molecule has 0 spiro atoms. The molecular weight excluding hydrogens is 150 g/mol. The minimum Gasteiger partial charge on any atom is -0.396 e. The van der Waals surface area contributed by atoms with Crippen molar-refractivity contribution in [2.24, 2.45) is 0 Å². The Labute approximate surface area is 64.8 Å². The molecule has 0 bridgehead atoms. The van der Waals surface area contributed by atoms with Crippen molar-refractivity contribution in [1.82, 2.24) is 0 Å². The van der Waals surface area contributed by atoms with Crippen LogP contribution in [0.2, 0.25) is 0 Å². The van der Waals surface area contributed by atoms with E-state index in [0.717, 1.165) is 0 Å². The molecule has 0 aliphatic rings. The summed E-state index contributed by atoms with van der Waals surface area (Å²) in [6.07, 6.45) is 0.240. The minimum atomic E-state index is -1.34. The molecule has 0 heterocycles. The van der Waals surface area contributed by atoms with Gasteiger partial charge in [-0.25, -0.2) is 0 Å². The lowest BCUT2D eigenvalue weighted by molar-refractivity contribution is -0.576. The SMILES string of the molecule is CCC(CO)(CCO)[N+](=O)[O-]. The number of nitro groups is 1. The van der Waals surface area contributed by atoms with E-state index in [-0.39, 0.29) is 19.4 Å². The van der Waals surface area contributed by atoms with E-state index in [1.165, 1.54) is 0 Å². The maximum absolute atomic E-state index is 10.4.